The average molecular weight is 163 g/mol. The summed E-state index contributed by atoms with van der Waals surface area (Å²) in [7, 11) is 0. The summed E-state index contributed by atoms with van der Waals surface area (Å²) in [5, 5.41) is 1.96. The Balaban J connectivity index is 2.46. The van der Waals surface area contributed by atoms with E-state index in [2.05, 4.69) is 15.0 Å². The third-order valence-corrected chi connectivity index (χ3v) is 1.86. The largest absolute Gasteiger partial charge is 0.245 e. The van der Waals surface area contributed by atoms with E-state index in [1.165, 1.54) is 6.33 Å². The van der Waals surface area contributed by atoms with Crippen molar-refractivity contribution in [3.63, 3.8) is 0 Å². The minimum absolute atomic E-state index is 0.876. The van der Waals surface area contributed by atoms with E-state index in [-0.39, 0.29) is 0 Å². The van der Waals surface area contributed by atoms with Crippen LogP contribution in [0.4, 0.5) is 0 Å². The summed E-state index contributed by atoms with van der Waals surface area (Å²) in [6, 6.07) is 1.84. The standard InChI is InChI=1S/C7H5N3S/c1-2-8-4-9-6(1)7-3-11-5-10-7/h1-5H. The molecule has 0 bridgehead atoms. The van der Waals surface area contributed by atoms with Gasteiger partial charge in [-0.15, -0.1) is 11.3 Å². The lowest BCUT2D eigenvalue weighted by molar-refractivity contribution is 1.16. The van der Waals surface area contributed by atoms with Crippen LogP contribution in [0.15, 0.2) is 29.5 Å². The number of hydrogen-bond acceptors (Lipinski definition) is 4. The fraction of sp³-hybridized carbons (Fsp3) is 0. The molecule has 0 atom stereocenters. The van der Waals surface area contributed by atoms with Gasteiger partial charge in [0.15, 0.2) is 0 Å². The normalized spacial score (nSPS) is 9.82. The van der Waals surface area contributed by atoms with Crippen molar-refractivity contribution < 1.29 is 0 Å². The molecule has 2 heterocycles. The second-order valence-corrected chi connectivity index (χ2v) is 2.69. The summed E-state index contributed by atoms with van der Waals surface area (Å²) in [4.78, 5) is 12.0. The fourth-order valence-electron chi connectivity index (χ4n) is 0.781. The van der Waals surface area contributed by atoms with E-state index in [0.717, 1.165) is 11.4 Å². The van der Waals surface area contributed by atoms with Crippen molar-refractivity contribution in [1.82, 2.24) is 15.0 Å². The van der Waals surface area contributed by atoms with Crippen LogP contribution in [0.3, 0.4) is 0 Å². The van der Waals surface area contributed by atoms with E-state index in [0.29, 0.717) is 0 Å². The maximum Gasteiger partial charge on any atom is 0.116 e. The van der Waals surface area contributed by atoms with Gasteiger partial charge in [-0.3, -0.25) is 0 Å². The van der Waals surface area contributed by atoms with Crippen LogP contribution in [0.25, 0.3) is 11.4 Å². The zero-order valence-corrected chi connectivity index (χ0v) is 6.45. The highest BCUT2D eigenvalue weighted by atomic mass is 32.1. The molecule has 0 fully saturated rings. The maximum absolute atomic E-state index is 4.11. The zero-order chi connectivity index (χ0) is 7.52. The van der Waals surface area contributed by atoms with E-state index in [4.69, 9.17) is 0 Å². The molecule has 0 N–H and O–H groups in total. The fourth-order valence-corrected chi connectivity index (χ4v) is 1.33. The molecule has 0 amide bonds. The number of hydrogen-bond donors (Lipinski definition) is 0. The second kappa shape index (κ2) is 2.75. The quantitative estimate of drug-likeness (QED) is 0.641. The van der Waals surface area contributed by atoms with Crippen molar-refractivity contribution in [2.24, 2.45) is 0 Å². The molecule has 2 rings (SSSR count). The smallest absolute Gasteiger partial charge is 0.116 e. The van der Waals surface area contributed by atoms with Crippen molar-refractivity contribution in [1.29, 1.82) is 0 Å². The molecular formula is C7H5N3S. The van der Waals surface area contributed by atoms with Crippen LogP contribution in [-0.2, 0) is 0 Å². The van der Waals surface area contributed by atoms with Gasteiger partial charge in [0.2, 0.25) is 0 Å². The molecule has 11 heavy (non-hydrogen) atoms. The van der Waals surface area contributed by atoms with E-state index < -0.39 is 0 Å². The van der Waals surface area contributed by atoms with Crippen molar-refractivity contribution >= 4 is 11.3 Å². The van der Waals surface area contributed by atoms with E-state index in [1.807, 2.05) is 11.4 Å². The number of nitrogens with zero attached hydrogens (tertiary/aromatic N) is 3. The van der Waals surface area contributed by atoms with E-state index >= 15 is 0 Å². The minimum atomic E-state index is 0.876. The molecule has 54 valence electrons. The molecule has 0 saturated heterocycles. The molecule has 4 heteroatoms. The van der Waals surface area contributed by atoms with Gasteiger partial charge in [-0.05, 0) is 6.07 Å². The highest BCUT2D eigenvalue weighted by Crippen LogP contribution is 2.14. The van der Waals surface area contributed by atoms with Gasteiger partial charge in [0.1, 0.15) is 6.33 Å². The SMILES string of the molecule is c1cc(-c2cscn2)ncn1. The number of rotatable bonds is 1. The molecule has 0 aromatic carbocycles. The Morgan fingerprint density at radius 3 is 2.82 bits per heavy atom. The van der Waals surface area contributed by atoms with Gasteiger partial charge in [0.05, 0.1) is 16.9 Å². The summed E-state index contributed by atoms with van der Waals surface area (Å²) in [5.41, 5.74) is 3.58. The van der Waals surface area contributed by atoms with Crippen molar-refractivity contribution in [2.75, 3.05) is 0 Å². The lowest BCUT2D eigenvalue weighted by Crippen LogP contribution is -1.82. The molecule has 0 aliphatic carbocycles. The van der Waals surface area contributed by atoms with Crippen LogP contribution in [-0.4, -0.2) is 15.0 Å². The van der Waals surface area contributed by atoms with Crippen LogP contribution < -0.4 is 0 Å². The highest BCUT2D eigenvalue weighted by Gasteiger charge is 1.97. The Morgan fingerprint density at radius 1 is 1.18 bits per heavy atom. The Kier molecular flexibility index (Phi) is 1.61. The first-order valence-corrected chi connectivity index (χ1v) is 4.05. The number of aromatic nitrogens is 3. The third kappa shape index (κ3) is 1.25. The zero-order valence-electron chi connectivity index (χ0n) is 5.64. The van der Waals surface area contributed by atoms with Crippen molar-refractivity contribution in [3.8, 4) is 11.4 Å². The lowest BCUT2D eigenvalue weighted by atomic mass is 10.3. The Bertz CT molecular complexity index is 317. The molecule has 0 unspecified atom stereocenters. The summed E-state index contributed by atoms with van der Waals surface area (Å²) in [6.45, 7) is 0. The summed E-state index contributed by atoms with van der Waals surface area (Å²) >= 11 is 1.56. The van der Waals surface area contributed by atoms with Gasteiger partial charge in [-0.25, -0.2) is 15.0 Å². The van der Waals surface area contributed by atoms with Gasteiger partial charge >= 0.3 is 0 Å². The van der Waals surface area contributed by atoms with Gasteiger partial charge in [-0.1, -0.05) is 0 Å². The van der Waals surface area contributed by atoms with Crippen molar-refractivity contribution in [2.45, 2.75) is 0 Å². The molecule has 0 aliphatic rings. The average Bonchev–Trinajstić information content (AvgIpc) is 2.58. The van der Waals surface area contributed by atoms with E-state index in [1.54, 1.807) is 23.0 Å². The molecule has 0 radical (unpaired) electrons. The van der Waals surface area contributed by atoms with Crippen LogP contribution in [0, 0.1) is 0 Å². The molecule has 2 aromatic rings. The van der Waals surface area contributed by atoms with Gasteiger partial charge in [0.25, 0.3) is 0 Å². The van der Waals surface area contributed by atoms with Crippen LogP contribution >= 0.6 is 11.3 Å². The van der Waals surface area contributed by atoms with Gasteiger partial charge in [-0.2, -0.15) is 0 Å². The first-order chi connectivity index (χ1) is 5.47. The first kappa shape index (κ1) is 6.42. The monoisotopic (exact) mass is 163 g/mol. The molecule has 0 spiro atoms. The highest BCUT2D eigenvalue weighted by molar-refractivity contribution is 7.07. The summed E-state index contributed by atoms with van der Waals surface area (Å²) in [6.07, 6.45) is 3.23. The molecular weight excluding hydrogens is 158 g/mol. The lowest BCUT2D eigenvalue weighted by Gasteiger charge is -1.90. The Hall–Kier alpha value is -1.29. The van der Waals surface area contributed by atoms with E-state index in [9.17, 15) is 0 Å². The summed E-state index contributed by atoms with van der Waals surface area (Å²) in [5.74, 6) is 0. The minimum Gasteiger partial charge on any atom is -0.245 e. The Morgan fingerprint density at radius 2 is 2.18 bits per heavy atom. The second-order valence-electron chi connectivity index (χ2n) is 1.97. The Labute approximate surface area is 67.8 Å². The molecule has 0 saturated carbocycles. The van der Waals surface area contributed by atoms with Crippen LogP contribution in [0.5, 0.6) is 0 Å². The summed E-state index contributed by atoms with van der Waals surface area (Å²) < 4.78 is 0. The first-order valence-electron chi connectivity index (χ1n) is 3.11. The van der Waals surface area contributed by atoms with Gasteiger partial charge < -0.3 is 0 Å². The molecule has 3 nitrogen and oxygen atoms in total. The van der Waals surface area contributed by atoms with Crippen LogP contribution in [0.2, 0.25) is 0 Å². The van der Waals surface area contributed by atoms with Crippen LogP contribution in [0.1, 0.15) is 0 Å². The van der Waals surface area contributed by atoms with Gasteiger partial charge in [0, 0.05) is 11.6 Å². The molecule has 0 aliphatic heterocycles. The predicted octanol–water partition coefficient (Wildman–Crippen LogP) is 1.60. The number of thiazole rings is 1. The predicted molar refractivity (Wildman–Crippen MR) is 43.1 cm³/mol. The maximum atomic E-state index is 4.11. The molecule has 2 aromatic heterocycles. The third-order valence-electron chi connectivity index (χ3n) is 1.28. The van der Waals surface area contributed by atoms with Crippen molar-refractivity contribution in [3.05, 3.63) is 29.5 Å². The topological polar surface area (TPSA) is 38.7 Å².